The van der Waals surface area contributed by atoms with Gasteiger partial charge in [0.2, 0.25) is 0 Å². The Morgan fingerprint density at radius 2 is 1.51 bits per heavy atom. The molecule has 34 heteroatoms. The smallest absolute Gasteiger partial charge is 0.490 e. The monoisotopic (exact) mass is 1080 g/mol. The molecule has 11 N–H and O–H groups in total. The Balaban J connectivity index is 0.990. The number of nitrogens with zero attached hydrogens (tertiary/aromatic N) is 4. The van der Waals surface area contributed by atoms with Crippen LogP contribution in [0.15, 0.2) is 43.0 Å². The summed E-state index contributed by atoms with van der Waals surface area (Å²) in [4.78, 5) is 89.7. The van der Waals surface area contributed by atoms with Crippen LogP contribution in [0.2, 0.25) is 10.0 Å². The number of halogens is 2. The number of amides is 2. The van der Waals surface area contributed by atoms with E-state index in [2.05, 4.69) is 38.7 Å². The number of ether oxygens (including phenoxy) is 6. The molecule has 0 aliphatic carbocycles. The van der Waals surface area contributed by atoms with Gasteiger partial charge in [0.05, 0.1) is 43.8 Å². The van der Waals surface area contributed by atoms with E-state index in [9.17, 15) is 53.2 Å². The maximum Gasteiger partial charge on any atom is 0.490 e. The predicted octanol–water partition coefficient (Wildman–Crippen LogP) is 2.84. The molecule has 29 nitrogen and oxygen atoms in total. The van der Waals surface area contributed by atoms with E-state index in [4.69, 9.17) is 67.1 Å². The van der Waals surface area contributed by atoms with Crippen molar-refractivity contribution in [3.63, 3.8) is 0 Å². The zero-order valence-electron chi connectivity index (χ0n) is 35.2. The van der Waals surface area contributed by atoms with Crippen LogP contribution in [0.1, 0.15) is 43.6 Å². The van der Waals surface area contributed by atoms with Gasteiger partial charge in [-0.15, -0.1) is 0 Å². The summed E-state index contributed by atoms with van der Waals surface area (Å²) in [5.41, 5.74) is 3.99. The van der Waals surface area contributed by atoms with E-state index in [0.717, 1.165) is 17.2 Å². The topological polar surface area (TPSA) is 421 Å². The molecule has 0 bridgehead atoms. The highest BCUT2D eigenvalue weighted by Crippen LogP contribution is 2.67. The second kappa shape index (κ2) is 18.7. The molecule has 2 amide bonds. The SMILES string of the molecule is COc1cc2c(c(Cl)c1O)Oc1c(cc(OC)c(O)c1Cl)C21OC(=O)c2ccc(C(=O)NCCNC(=O)O[C@@H]3[C@@H](O)[C@@H](COP(=O)(O)OP(=O)(O)OP(=O)(O)O)O[C@@H]3n3cnc4c(N)ncnc43)cc21. The number of aliphatic hydroxyl groups is 1. The third-order valence-corrected chi connectivity index (χ3v) is 15.1. The van der Waals surface area contributed by atoms with Crippen LogP contribution in [0.4, 0.5) is 10.6 Å². The minimum atomic E-state index is -5.91. The van der Waals surface area contributed by atoms with E-state index < -0.39 is 89.7 Å². The third kappa shape index (κ3) is 9.28. The molecular formula is C36H34Cl2N7O22P3. The van der Waals surface area contributed by atoms with Gasteiger partial charge in [-0.2, -0.15) is 8.62 Å². The summed E-state index contributed by atoms with van der Waals surface area (Å²) < 4.78 is 82.5. The number of methoxy groups -OCH3 is 2. The van der Waals surface area contributed by atoms with Crippen LogP contribution in [0, 0.1) is 0 Å². The Labute approximate surface area is 400 Å². The largest absolute Gasteiger partial charge is 0.503 e. The maximum absolute atomic E-state index is 13.7. The summed E-state index contributed by atoms with van der Waals surface area (Å²) in [7, 11) is -14.8. The summed E-state index contributed by atoms with van der Waals surface area (Å²) in [5, 5.41) is 37.1. The molecule has 0 saturated carbocycles. The maximum atomic E-state index is 13.7. The molecule has 374 valence electrons. The van der Waals surface area contributed by atoms with Crippen molar-refractivity contribution in [1.29, 1.82) is 0 Å². The van der Waals surface area contributed by atoms with E-state index in [-0.39, 0.29) is 90.9 Å². The number of phosphoric acid groups is 3. The highest BCUT2D eigenvalue weighted by atomic mass is 35.5. The molecule has 5 aromatic rings. The van der Waals surface area contributed by atoms with E-state index in [0.29, 0.717) is 0 Å². The van der Waals surface area contributed by atoms with Crippen molar-refractivity contribution in [1.82, 2.24) is 30.2 Å². The summed E-state index contributed by atoms with van der Waals surface area (Å²) >= 11 is 13.1. The average Bonchev–Trinajstić information content (AvgIpc) is 3.94. The van der Waals surface area contributed by atoms with Gasteiger partial charge >= 0.3 is 35.5 Å². The summed E-state index contributed by atoms with van der Waals surface area (Å²) in [6, 6.07) is 6.57. The molecule has 6 atom stereocenters. The number of nitrogens with one attached hydrogen (secondary N) is 2. The molecule has 3 aliphatic rings. The lowest BCUT2D eigenvalue weighted by Gasteiger charge is -2.37. The molecule has 3 aliphatic heterocycles. The number of aromatic nitrogens is 4. The lowest BCUT2D eigenvalue weighted by Crippen LogP contribution is -2.41. The van der Waals surface area contributed by atoms with Crippen LogP contribution < -0.4 is 30.6 Å². The van der Waals surface area contributed by atoms with Crippen molar-refractivity contribution in [2.45, 2.75) is 30.1 Å². The molecule has 1 saturated heterocycles. The number of carbonyl (C=O) groups excluding carboxylic acids is 3. The van der Waals surface area contributed by atoms with Crippen LogP contribution in [-0.2, 0) is 46.7 Å². The number of benzene rings is 3. The van der Waals surface area contributed by atoms with Gasteiger partial charge in [0, 0.05) is 24.2 Å². The minimum absolute atomic E-state index is 0.000702. The fourth-order valence-electron chi connectivity index (χ4n) is 7.62. The number of aliphatic hydroxyl groups excluding tert-OH is 1. The number of alkyl carbamates (subject to hydrolysis) is 1. The van der Waals surface area contributed by atoms with Crippen molar-refractivity contribution in [2.75, 3.05) is 39.6 Å². The van der Waals surface area contributed by atoms with Crippen LogP contribution in [-0.4, -0.2) is 125 Å². The number of phenols is 2. The van der Waals surface area contributed by atoms with E-state index >= 15 is 0 Å². The molecule has 0 radical (unpaired) electrons. The first-order chi connectivity index (χ1) is 32.9. The highest BCUT2D eigenvalue weighted by molar-refractivity contribution is 7.66. The number of carbonyl (C=O) groups is 3. The number of anilines is 1. The third-order valence-electron chi connectivity index (χ3n) is 10.6. The van der Waals surface area contributed by atoms with Crippen LogP contribution in [0.25, 0.3) is 11.2 Å². The highest BCUT2D eigenvalue weighted by Gasteiger charge is 2.56. The van der Waals surface area contributed by atoms with E-state index in [1.54, 1.807) is 0 Å². The van der Waals surface area contributed by atoms with Gasteiger partial charge in [0.25, 0.3) is 5.91 Å². The Hall–Kier alpha value is -5.87. The first-order valence-electron chi connectivity index (χ1n) is 19.4. The fourth-order valence-corrected chi connectivity index (χ4v) is 11.1. The van der Waals surface area contributed by atoms with Crippen LogP contribution >= 0.6 is 46.7 Å². The minimum Gasteiger partial charge on any atom is -0.503 e. The van der Waals surface area contributed by atoms with Crippen LogP contribution in [0.5, 0.6) is 34.5 Å². The predicted molar refractivity (Wildman–Crippen MR) is 231 cm³/mol. The molecule has 2 aromatic heterocycles. The van der Waals surface area contributed by atoms with Gasteiger partial charge in [-0.1, -0.05) is 23.2 Å². The molecule has 2 unspecified atom stereocenters. The first-order valence-corrected chi connectivity index (χ1v) is 24.7. The number of aromatic hydroxyl groups is 2. The second-order valence-electron chi connectivity index (χ2n) is 14.7. The lowest BCUT2D eigenvalue weighted by atomic mass is 9.77. The molecule has 5 heterocycles. The number of phosphoric ester groups is 1. The molecule has 1 fully saturated rings. The molecule has 1 spiro atoms. The molecule has 8 rings (SSSR count). The average molecular weight is 1080 g/mol. The summed E-state index contributed by atoms with van der Waals surface area (Å²) in [6.07, 6.45) is -5.95. The number of esters is 1. The molecular weight excluding hydrogens is 1050 g/mol. The number of nitrogens with two attached hydrogens (primary N) is 1. The lowest BCUT2D eigenvalue weighted by molar-refractivity contribution is -0.0522. The van der Waals surface area contributed by atoms with Gasteiger partial charge in [0.1, 0.15) is 34.1 Å². The number of imidazole rings is 1. The van der Waals surface area contributed by atoms with Crippen molar-refractivity contribution in [2.24, 2.45) is 0 Å². The van der Waals surface area contributed by atoms with Crippen LogP contribution in [0.3, 0.4) is 0 Å². The van der Waals surface area contributed by atoms with Crippen molar-refractivity contribution < 1.29 is 105 Å². The van der Waals surface area contributed by atoms with Crippen molar-refractivity contribution in [3.05, 3.63) is 80.8 Å². The first kappa shape index (κ1) is 50.5. The van der Waals surface area contributed by atoms with E-state index in [1.165, 1.54) is 44.6 Å². The van der Waals surface area contributed by atoms with Crippen molar-refractivity contribution >= 4 is 81.6 Å². The second-order valence-corrected chi connectivity index (χ2v) is 19.9. The number of hydrogen-bond donors (Lipinski definition) is 10. The summed E-state index contributed by atoms with van der Waals surface area (Å²) in [5.74, 6) is -3.52. The number of fused-ring (bicyclic) bond motifs is 7. The zero-order valence-corrected chi connectivity index (χ0v) is 39.4. The number of rotatable bonds is 15. The Morgan fingerprint density at radius 1 is 0.886 bits per heavy atom. The normalized spacial score (nSPS) is 20.6. The quantitative estimate of drug-likeness (QED) is 0.0409. The zero-order chi connectivity index (χ0) is 50.8. The standard InChI is InChI=1S/C36H34Cl2N7O22P3/c1-59-18-8-16-27(21(37)24(18)46)63-28-17(9-19(60-2)25(47)22(28)38)36(16)15-7-13(3-4-14(15)34(50)65-36)32(49)40-5-6-41-35(51)64-29-26(48)20(10-61-69(55,56)67-70(57,58)66-68(52,53)54)62-33(29)45-12-44-23-30(39)42-11-43-31(23)45/h3-4,7-9,11-12,20,26,29,33,46-48H,5-6,10H2,1-2H3,(H,40,49)(H,41,51)(H,55,56)(H,57,58)(H2,39,42,43)(H2,52,53,54)/t20-,26+,29-,33+/m1/s1. The Bertz CT molecular complexity index is 3070. The molecule has 3 aromatic carbocycles. The molecule has 70 heavy (non-hydrogen) atoms. The number of hydrogen-bond acceptors (Lipinski definition) is 22. The fraction of sp³-hybridized carbons (Fsp3) is 0.278. The van der Waals surface area contributed by atoms with Gasteiger partial charge in [0.15, 0.2) is 63.9 Å². The van der Waals surface area contributed by atoms with Crippen molar-refractivity contribution in [3.8, 4) is 34.5 Å². The van der Waals surface area contributed by atoms with Gasteiger partial charge in [-0.25, -0.2) is 38.2 Å². The number of phenolic OH excluding ortho intramolecular Hbond substituents is 2. The Kier molecular flexibility index (Phi) is 13.5. The number of nitrogen functional groups attached to an aromatic ring is 1. The van der Waals surface area contributed by atoms with E-state index in [1.807, 2.05) is 0 Å². The van der Waals surface area contributed by atoms with Gasteiger partial charge in [-0.3, -0.25) is 13.9 Å². The summed E-state index contributed by atoms with van der Waals surface area (Å²) in [6.45, 7) is -1.75. The van der Waals surface area contributed by atoms with Gasteiger partial charge in [-0.05, 0) is 30.3 Å². The van der Waals surface area contributed by atoms with Gasteiger partial charge < -0.3 is 79.7 Å². The Morgan fingerprint density at radius 3 is 2.13 bits per heavy atom.